The van der Waals surface area contributed by atoms with E-state index < -0.39 is 5.54 Å². The summed E-state index contributed by atoms with van der Waals surface area (Å²) in [6, 6.07) is 14.1. The SMILES string of the molecule is Cl.NC1(C(=O)NCCOc2ccc3ccccc3c2)CC1. The molecule has 1 amide bonds. The number of halogens is 1. The lowest BCUT2D eigenvalue weighted by Crippen LogP contribution is -2.44. The highest BCUT2D eigenvalue weighted by Gasteiger charge is 2.45. The first-order valence-electron chi connectivity index (χ1n) is 6.86. The number of ether oxygens (including phenoxy) is 1. The van der Waals surface area contributed by atoms with Crippen LogP contribution < -0.4 is 15.8 Å². The molecular formula is C16H19ClN2O2. The minimum Gasteiger partial charge on any atom is -0.492 e. The van der Waals surface area contributed by atoms with Crippen LogP contribution in [0.1, 0.15) is 12.8 Å². The van der Waals surface area contributed by atoms with Crippen molar-refractivity contribution in [2.75, 3.05) is 13.2 Å². The van der Waals surface area contributed by atoms with Crippen LogP contribution in [0.15, 0.2) is 42.5 Å². The van der Waals surface area contributed by atoms with Gasteiger partial charge in [-0.15, -0.1) is 12.4 Å². The van der Waals surface area contributed by atoms with Crippen molar-refractivity contribution in [1.82, 2.24) is 5.32 Å². The molecule has 1 saturated carbocycles. The van der Waals surface area contributed by atoms with Crippen molar-refractivity contribution in [3.8, 4) is 5.75 Å². The average Bonchev–Trinajstić information content (AvgIpc) is 3.22. The predicted octanol–water partition coefficient (Wildman–Crippen LogP) is 2.25. The maximum atomic E-state index is 11.6. The van der Waals surface area contributed by atoms with Gasteiger partial charge in [0.05, 0.1) is 12.1 Å². The predicted molar refractivity (Wildman–Crippen MR) is 85.9 cm³/mol. The molecule has 0 unspecified atom stereocenters. The number of rotatable bonds is 5. The maximum Gasteiger partial charge on any atom is 0.240 e. The van der Waals surface area contributed by atoms with Crippen molar-refractivity contribution in [3.63, 3.8) is 0 Å². The zero-order valence-electron chi connectivity index (χ0n) is 11.7. The van der Waals surface area contributed by atoms with E-state index in [1.165, 1.54) is 5.39 Å². The largest absolute Gasteiger partial charge is 0.492 e. The summed E-state index contributed by atoms with van der Waals surface area (Å²) < 4.78 is 5.64. The van der Waals surface area contributed by atoms with Gasteiger partial charge in [0.2, 0.25) is 5.91 Å². The van der Waals surface area contributed by atoms with Crippen LogP contribution in [0.5, 0.6) is 5.75 Å². The second-order valence-electron chi connectivity index (χ2n) is 5.27. The summed E-state index contributed by atoms with van der Waals surface area (Å²) in [6.07, 6.45) is 1.56. The van der Waals surface area contributed by atoms with Crippen LogP contribution in [0.25, 0.3) is 10.8 Å². The number of carbonyl (C=O) groups excluding carboxylic acids is 1. The topological polar surface area (TPSA) is 64.4 Å². The highest BCUT2D eigenvalue weighted by Crippen LogP contribution is 2.31. The third-order valence-electron chi connectivity index (χ3n) is 3.62. The fourth-order valence-corrected chi connectivity index (χ4v) is 2.13. The normalized spacial score (nSPS) is 15.1. The van der Waals surface area contributed by atoms with Crippen molar-refractivity contribution in [3.05, 3.63) is 42.5 Å². The fraction of sp³-hybridized carbons (Fsp3) is 0.312. The van der Waals surface area contributed by atoms with E-state index in [9.17, 15) is 4.79 Å². The van der Waals surface area contributed by atoms with E-state index in [4.69, 9.17) is 10.5 Å². The van der Waals surface area contributed by atoms with E-state index in [1.807, 2.05) is 30.3 Å². The minimum atomic E-state index is -0.608. The van der Waals surface area contributed by atoms with Gasteiger partial charge in [-0.05, 0) is 35.7 Å². The van der Waals surface area contributed by atoms with Crippen LogP contribution in [-0.4, -0.2) is 24.6 Å². The monoisotopic (exact) mass is 306 g/mol. The number of hydrogen-bond donors (Lipinski definition) is 2. The second-order valence-corrected chi connectivity index (χ2v) is 5.27. The summed E-state index contributed by atoms with van der Waals surface area (Å²) in [5.41, 5.74) is 5.18. The lowest BCUT2D eigenvalue weighted by molar-refractivity contribution is -0.123. The van der Waals surface area contributed by atoms with Crippen molar-refractivity contribution in [1.29, 1.82) is 0 Å². The molecule has 21 heavy (non-hydrogen) atoms. The van der Waals surface area contributed by atoms with Gasteiger partial charge in [0.15, 0.2) is 0 Å². The van der Waals surface area contributed by atoms with Crippen molar-refractivity contribution in [2.45, 2.75) is 18.4 Å². The third kappa shape index (κ3) is 3.65. The zero-order chi connectivity index (χ0) is 14.0. The summed E-state index contributed by atoms with van der Waals surface area (Å²) in [7, 11) is 0. The molecule has 3 rings (SSSR count). The Bertz CT molecular complexity index is 641. The van der Waals surface area contributed by atoms with E-state index in [0.29, 0.717) is 13.2 Å². The Hall–Kier alpha value is -1.78. The number of amides is 1. The molecule has 0 atom stereocenters. The van der Waals surface area contributed by atoms with Crippen molar-refractivity contribution in [2.24, 2.45) is 5.73 Å². The molecule has 0 bridgehead atoms. The maximum absolute atomic E-state index is 11.6. The fourth-order valence-electron chi connectivity index (χ4n) is 2.13. The molecule has 0 aromatic heterocycles. The molecule has 2 aromatic rings. The first-order chi connectivity index (χ1) is 9.67. The molecule has 0 radical (unpaired) electrons. The molecule has 5 heteroatoms. The van der Waals surface area contributed by atoms with Gasteiger partial charge in [-0.25, -0.2) is 0 Å². The molecule has 1 fully saturated rings. The van der Waals surface area contributed by atoms with Gasteiger partial charge in [-0.1, -0.05) is 30.3 Å². The standard InChI is InChI=1S/C16H18N2O2.ClH/c17-16(7-8-16)15(19)18-9-10-20-14-6-5-12-3-1-2-4-13(12)11-14;/h1-6,11H,7-10,17H2,(H,18,19);1H. The smallest absolute Gasteiger partial charge is 0.240 e. The van der Waals surface area contributed by atoms with Crippen LogP contribution in [0.2, 0.25) is 0 Å². The average molecular weight is 307 g/mol. The Labute approximate surface area is 130 Å². The highest BCUT2D eigenvalue weighted by atomic mass is 35.5. The summed E-state index contributed by atoms with van der Waals surface area (Å²) in [5.74, 6) is 0.742. The van der Waals surface area contributed by atoms with Gasteiger partial charge in [0.25, 0.3) is 0 Å². The Balaban J connectivity index is 0.00000161. The molecule has 0 spiro atoms. The zero-order valence-corrected chi connectivity index (χ0v) is 12.5. The number of fused-ring (bicyclic) bond motifs is 1. The number of nitrogens with one attached hydrogen (secondary N) is 1. The van der Waals surface area contributed by atoms with E-state index in [0.717, 1.165) is 24.0 Å². The molecule has 112 valence electrons. The first-order valence-corrected chi connectivity index (χ1v) is 6.86. The molecule has 3 N–H and O–H groups in total. The van der Waals surface area contributed by atoms with Crippen LogP contribution in [-0.2, 0) is 4.79 Å². The van der Waals surface area contributed by atoms with Crippen LogP contribution in [0, 0.1) is 0 Å². The van der Waals surface area contributed by atoms with E-state index >= 15 is 0 Å². The van der Waals surface area contributed by atoms with Gasteiger partial charge in [-0.2, -0.15) is 0 Å². The van der Waals surface area contributed by atoms with Crippen molar-refractivity contribution >= 4 is 29.1 Å². The lowest BCUT2D eigenvalue weighted by atomic mass is 10.1. The molecule has 4 nitrogen and oxygen atoms in total. The first kappa shape index (κ1) is 15.6. The Morgan fingerprint density at radius 1 is 1.19 bits per heavy atom. The molecule has 0 heterocycles. The second kappa shape index (κ2) is 6.33. The summed E-state index contributed by atoms with van der Waals surface area (Å²) in [5, 5.41) is 5.14. The van der Waals surface area contributed by atoms with Gasteiger partial charge >= 0.3 is 0 Å². The van der Waals surface area contributed by atoms with Crippen LogP contribution in [0.3, 0.4) is 0 Å². The summed E-state index contributed by atoms with van der Waals surface area (Å²) >= 11 is 0. The van der Waals surface area contributed by atoms with Gasteiger partial charge in [-0.3, -0.25) is 4.79 Å². The molecule has 0 aliphatic heterocycles. The quantitative estimate of drug-likeness (QED) is 0.833. The summed E-state index contributed by atoms with van der Waals surface area (Å²) in [6.45, 7) is 0.921. The number of nitrogens with two attached hydrogens (primary N) is 1. The van der Waals surface area contributed by atoms with Crippen LogP contribution in [0.4, 0.5) is 0 Å². The minimum absolute atomic E-state index is 0. The number of carbonyl (C=O) groups is 1. The third-order valence-corrected chi connectivity index (χ3v) is 3.62. The molecule has 1 aliphatic rings. The number of hydrogen-bond acceptors (Lipinski definition) is 3. The van der Waals surface area contributed by atoms with E-state index in [1.54, 1.807) is 0 Å². The molecule has 0 saturated heterocycles. The Morgan fingerprint density at radius 3 is 2.62 bits per heavy atom. The lowest BCUT2D eigenvalue weighted by Gasteiger charge is -2.11. The molecular weight excluding hydrogens is 288 g/mol. The number of benzene rings is 2. The van der Waals surface area contributed by atoms with Crippen LogP contribution >= 0.6 is 12.4 Å². The molecule has 1 aliphatic carbocycles. The van der Waals surface area contributed by atoms with E-state index in [2.05, 4.69) is 17.4 Å². The van der Waals surface area contributed by atoms with E-state index in [-0.39, 0.29) is 18.3 Å². The van der Waals surface area contributed by atoms with Gasteiger partial charge < -0.3 is 15.8 Å². The Kier molecular flexibility index (Phi) is 4.70. The van der Waals surface area contributed by atoms with Gasteiger partial charge in [0.1, 0.15) is 12.4 Å². The Morgan fingerprint density at radius 2 is 1.90 bits per heavy atom. The van der Waals surface area contributed by atoms with Gasteiger partial charge in [0, 0.05) is 0 Å². The molecule has 2 aromatic carbocycles. The summed E-state index contributed by atoms with van der Waals surface area (Å²) in [4.78, 5) is 11.6. The van der Waals surface area contributed by atoms with Crippen molar-refractivity contribution < 1.29 is 9.53 Å². The highest BCUT2D eigenvalue weighted by molar-refractivity contribution is 5.89.